The molecule has 2 aromatic heterocycles. The van der Waals surface area contributed by atoms with Crippen LogP contribution in [-0.2, 0) is 16.1 Å². The molecule has 1 aliphatic rings. The summed E-state index contributed by atoms with van der Waals surface area (Å²) in [7, 11) is 0. The number of thiazole rings is 1. The van der Waals surface area contributed by atoms with Gasteiger partial charge in [0.1, 0.15) is 11.8 Å². The number of allylic oxidation sites excluding steroid dienone is 1. The summed E-state index contributed by atoms with van der Waals surface area (Å²) in [6, 6.07) is 22.7. The van der Waals surface area contributed by atoms with Gasteiger partial charge in [-0.2, -0.15) is 0 Å². The normalized spacial score (nSPS) is 14.9. The quantitative estimate of drug-likeness (QED) is 0.194. The van der Waals surface area contributed by atoms with Gasteiger partial charge >= 0.3 is 5.97 Å². The molecule has 3 heterocycles. The number of para-hydroxylation sites is 2. The van der Waals surface area contributed by atoms with Gasteiger partial charge in [0.2, 0.25) is 0 Å². The molecule has 224 valence electrons. The summed E-state index contributed by atoms with van der Waals surface area (Å²) < 4.78 is 15.8. The monoisotopic (exact) mass is 625 g/mol. The number of fused-ring (bicyclic) bond motifs is 2. The van der Waals surface area contributed by atoms with Crippen LogP contribution >= 0.6 is 22.9 Å². The second-order valence-electron chi connectivity index (χ2n) is 10.5. The molecule has 44 heavy (non-hydrogen) atoms. The third-order valence-corrected chi connectivity index (χ3v) is 9.22. The molecule has 7 nitrogen and oxygen atoms in total. The van der Waals surface area contributed by atoms with Crippen LogP contribution in [0.4, 0.5) is 0 Å². The lowest BCUT2D eigenvalue weighted by Crippen LogP contribution is -2.40. The Kier molecular flexibility index (Phi) is 8.29. The minimum absolute atomic E-state index is 0.206. The summed E-state index contributed by atoms with van der Waals surface area (Å²) >= 11 is 7.84. The number of hydrogen-bond acceptors (Lipinski definition) is 6. The van der Waals surface area contributed by atoms with Crippen molar-refractivity contribution < 1.29 is 14.3 Å². The van der Waals surface area contributed by atoms with Gasteiger partial charge < -0.3 is 14.0 Å². The van der Waals surface area contributed by atoms with Crippen LogP contribution in [0, 0.1) is 6.92 Å². The van der Waals surface area contributed by atoms with Crippen molar-refractivity contribution in [2.75, 3.05) is 13.2 Å². The summed E-state index contributed by atoms with van der Waals surface area (Å²) in [4.78, 5) is 32.9. The molecule has 0 bridgehead atoms. The zero-order valence-electron chi connectivity index (χ0n) is 25.0. The second kappa shape index (κ2) is 12.3. The van der Waals surface area contributed by atoms with E-state index >= 15 is 0 Å². The molecule has 1 atom stereocenters. The van der Waals surface area contributed by atoms with Crippen molar-refractivity contribution in [1.82, 2.24) is 9.13 Å². The number of aromatic nitrogens is 2. The lowest BCUT2D eigenvalue weighted by molar-refractivity contribution is -0.139. The van der Waals surface area contributed by atoms with E-state index in [1.165, 1.54) is 11.3 Å². The maximum atomic E-state index is 14.3. The zero-order chi connectivity index (χ0) is 31.0. The highest BCUT2D eigenvalue weighted by Crippen LogP contribution is 2.36. The van der Waals surface area contributed by atoms with Crippen LogP contribution in [0.15, 0.2) is 93.9 Å². The minimum atomic E-state index is -0.752. The molecular weight excluding hydrogens is 594 g/mol. The number of benzene rings is 3. The number of carbonyl (C=O) groups is 1. The van der Waals surface area contributed by atoms with Crippen LogP contribution in [0.5, 0.6) is 5.75 Å². The van der Waals surface area contributed by atoms with Gasteiger partial charge in [-0.1, -0.05) is 77.5 Å². The smallest absolute Gasteiger partial charge is 0.338 e. The van der Waals surface area contributed by atoms with Gasteiger partial charge in [-0.25, -0.2) is 9.79 Å². The summed E-state index contributed by atoms with van der Waals surface area (Å²) in [5.74, 6) is 0.0994. The first-order valence-electron chi connectivity index (χ1n) is 14.6. The topological polar surface area (TPSA) is 74.8 Å². The van der Waals surface area contributed by atoms with Crippen molar-refractivity contribution in [2.45, 2.75) is 40.3 Å². The standard InChI is InChI=1S/C35H32ClN3O4S/c1-5-42-29-18-12-9-15-25(29)32-31(34(41)43-6-2)21(3)37-35-39(32)33(40)30(44-35)19-26-22(4)38(28-17-11-8-14-24(26)28)20-23-13-7-10-16-27(23)36/h7-19,32H,5-6,20H2,1-4H3/b30-19-/t32-/m1/s1. The first-order chi connectivity index (χ1) is 21.3. The van der Waals surface area contributed by atoms with Crippen molar-refractivity contribution in [2.24, 2.45) is 4.99 Å². The average Bonchev–Trinajstić information content (AvgIpc) is 3.46. The van der Waals surface area contributed by atoms with E-state index in [4.69, 9.17) is 26.1 Å². The number of nitrogens with zero attached hydrogens (tertiary/aromatic N) is 3. The van der Waals surface area contributed by atoms with Gasteiger partial charge in [0, 0.05) is 39.3 Å². The van der Waals surface area contributed by atoms with Gasteiger partial charge in [-0.05, 0) is 57.5 Å². The summed E-state index contributed by atoms with van der Waals surface area (Å²) in [6.07, 6.45) is 1.94. The number of hydrogen-bond donors (Lipinski definition) is 0. The van der Waals surface area contributed by atoms with E-state index in [0.29, 0.717) is 50.1 Å². The van der Waals surface area contributed by atoms with Gasteiger partial charge in [0.05, 0.1) is 29.0 Å². The molecule has 9 heteroatoms. The van der Waals surface area contributed by atoms with Gasteiger partial charge in [0.25, 0.3) is 5.56 Å². The molecule has 0 N–H and O–H groups in total. The second-order valence-corrected chi connectivity index (χ2v) is 11.9. The van der Waals surface area contributed by atoms with E-state index in [0.717, 1.165) is 27.7 Å². The van der Waals surface area contributed by atoms with Crippen molar-refractivity contribution in [3.05, 3.63) is 131 Å². The molecule has 1 aliphatic heterocycles. The first-order valence-corrected chi connectivity index (χ1v) is 15.8. The van der Waals surface area contributed by atoms with Crippen LogP contribution in [0.25, 0.3) is 17.0 Å². The molecule has 0 saturated heterocycles. The number of halogens is 1. The molecule has 0 amide bonds. The van der Waals surface area contributed by atoms with Crippen molar-refractivity contribution in [3.8, 4) is 5.75 Å². The Labute approximate surface area is 264 Å². The van der Waals surface area contributed by atoms with E-state index < -0.39 is 12.0 Å². The SMILES string of the molecule is CCOC(=O)C1=C(C)N=c2s/c(=C\c3c(C)n(Cc4ccccc4Cl)c4ccccc34)c(=O)n2[C@@H]1c1ccccc1OCC. The number of esters is 1. The maximum absolute atomic E-state index is 14.3. The minimum Gasteiger partial charge on any atom is -0.494 e. The van der Waals surface area contributed by atoms with Crippen LogP contribution in [-0.4, -0.2) is 28.3 Å². The Balaban J connectivity index is 1.57. The fraction of sp³-hybridized carbons (Fsp3) is 0.229. The summed E-state index contributed by atoms with van der Waals surface area (Å²) in [5, 5.41) is 1.74. The molecule has 0 saturated carbocycles. The molecule has 0 unspecified atom stereocenters. The Morgan fingerprint density at radius 2 is 1.73 bits per heavy atom. The summed E-state index contributed by atoms with van der Waals surface area (Å²) in [6.45, 7) is 8.75. The Morgan fingerprint density at radius 1 is 1.00 bits per heavy atom. The molecule has 0 spiro atoms. The average molecular weight is 626 g/mol. The van der Waals surface area contributed by atoms with Gasteiger partial charge in [-0.3, -0.25) is 9.36 Å². The van der Waals surface area contributed by atoms with Crippen LogP contribution in [0.2, 0.25) is 5.02 Å². The lowest BCUT2D eigenvalue weighted by atomic mass is 9.95. The molecule has 3 aromatic carbocycles. The maximum Gasteiger partial charge on any atom is 0.338 e. The van der Waals surface area contributed by atoms with Crippen molar-refractivity contribution in [1.29, 1.82) is 0 Å². The van der Waals surface area contributed by atoms with E-state index in [1.54, 1.807) is 18.4 Å². The van der Waals surface area contributed by atoms with E-state index in [9.17, 15) is 9.59 Å². The van der Waals surface area contributed by atoms with E-state index in [-0.39, 0.29) is 12.2 Å². The fourth-order valence-corrected chi connectivity index (χ4v) is 7.07. The molecule has 0 fully saturated rings. The molecule has 0 radical (unpaired) electrons. The zero-order valence-corrected chi connectivity index (χ0v) is 26.5. The van der Waals surface area contributed by atoms with Gasteiger partial charge in [0.15, 0.2) is 4.80 Å². The van der Waals surface area contributed by atoms with Crippen molar-refractivity contribution in [3.63, 3.8) is 0 Å². The summed E-state index contributed by atoms with van der Waals surface area (Å²) in [5.41, 5.74) is 5.33. The van der Waals surface area contributed by atoms with Crippen LogP contribution < -0.4 is 19.6 Å². The number of ether oxygens (including phenoxy) is 2. The van der Waals surface area contributed by atoms with Crippen LogP contribution in [0.1, 0.15) is 49.2 Å². The van der Waals surface area contributed by atoms with Crippen molar-refractivity contribution >= 4 is 45.9 Å². The predicted molar refractivity (Wildman–Crippen MR) is 175 cm³/mol. The largest absolute Gasteiger partial charge is 0.494 e. The highest BCUT2D eigenvalue weighted by molar-refractivity contribution is 7.07. The Morgan fingerprint density at radius 3 is 2.50 bits per heavy atom. The van der Waals surface area contributed by atoms with Gasteiger partial charge in [-0.15, -0.1) is 0 Å². The fourth-order valence-electron chi connectivity index (χ4n) is 5.85. The molecule has 5 aromatic rings. The third-order valence-electron chi connectivity index (χ3n) is 7.87. The molecular formula is C35H32ClN3O4S. The Hall–Kier alpha value is -4.40. The van der Waals surface area contributed by atoms with Crippen LogP contribution in [0.3, 0.4) is 0 Å². The first kappa shape index (κ1) is 29.7. The molecule has 6 rings (SSSR count). The number of rotatable bonds is 8. The lowest BCUT2D eigenvalue weighted by Gasteiger charge is -2.26. The third kappa shape index (κ3) is 5.18. The Bertz CT molecular complexity index is 2120. The highest BCUT2D eigenvalue weighted by atomic mass is 35.5. The van der Waals surface area contributed by atoms with E-state index in [2.05, 4.69) is 23.6 Å². The predicted octanol–water partition coefficient (Wildman–Crippen LogP) is 6.16. The molecule has 0 aliphatic carbocycles. The highest BCUT2D eigenvalue weighted by Gasteiger charge is 2.35. The van der Waals surface area contributed by atoms with E-state index in [1.807, 2.05) is 73.7 Å². The number of carbonyl (C=O) groups excluding carboxylic acids is 1.